The molecule has 0 amide bonds. The van der Waals surface area contributed by atoms with E-state index in [0.717, 1.165) is 19.4 Å². The summed E-state index contributed by atoms with van der Waals surface area (Å²) in [5.74, 6) is 0.700. The summed E-state index contributed by atoms with van der Waals surface area (Å²) < 4.78 is 5.63. The predicted octanol–water partition coefficient (Wildman–Crippen LogP) is 3.32. The van der Waals surface area contributed by atoms with Crippen molar-refractivity contribution in [3.8, 4) is 0 Å². The van der Waals surface area contributed by atoms with Crippen molar-refractivity contribution in [2.75, 3.05) is 12.5 Å². The number of hydrogen-bond donors (Lipinski definition) is 0. The normalized spacial score (nSPS) is 32.3. The minimum atomic E-state index is 0.173. The molecule has 1 aliphatic rings. The number of rotatable bonds is 3. The number of hydrogen-bond acceptors (Lipinski definition) is 2. The van der Waals surface area contributed by atoms with Crippen molar-refractivity contribution >= 4 is 22.9 Å². The molecule has 1 aromatic rings. The molecule has 0 N–H and O–H groups in total. The maximum absolute atomic E-state index is 6.10. The van der Waals surface area contributed by atoms with Gasteiger partial charge in [-0.2, -0.15) is 0 Å². The molecule has 2 unspecified atom stereocenters. The Hall–Kier alpha value is -0.0500. The number of alkyl halides is 1. The predicted molar refractivity (Wildman–Crippen MR) is 61.2 cm³/mol. The van der Waals surface area contributed by atoms with Crippen molar-refractivity contribution in [2.45, 2.75) is 25.9 Å². The van der Waals surface area contributed by atoms with E-state index in [-0.39, 0.29) is 5.41 Å². The van der Waals surface area contributed by atoms with Crippen LogP contribution >= 0.6 is 22.9 Å². The molecule has 0 aromatic carbocycles. The fourth-order valence-electron chi connectivity index (χ4n) is 2.03. The van der Waals surface area contributed by atoms with E-state index in [1.807, 2.05) is 11.3 Å². The Balaban J connectivity index is 2.13. The molecular weight excluding hydrogens is 216 g/mol. The van der Waals surface area contributed by atoms with E-state index in [2.05, 4.69) is 24.4 Å². The molecule has 2 rings (SSSR count). The topological polar surface area (TPSA) is 9.23 Å². The standard InChI is InChI=1S/C11H15ClOS/c1-9-11(8-12,4-5-13-9)7-10-3-2-6-14-10/h2-3,6,9H,4-5,7-8H2,1H3. The van der Waals surface area contributed by atoms with E-state index in [1.165, 1.54) is 4.88 Å². The fourth-order valence-corrected chi connectivity index (χ4v) is 3.34. The van der Waals surface area contributed by atoms with Crippen LogP contribution in [0, 0.1) is 5.41 Å². The van der Waals surface area contributed by atoms with Crippen molar-refractivity contribution in [2.24, 2.45) is 5.41 Å². The van der Waals surface area contributed by atoms with Crippen molar-refractivity contribution in [1.82, 2.24) is 0 Å². The highest BCUT2D eigenvalue weighted by molar-refractivity contribution is 7.09. The van der Waals surface area contributed by atoms with E-state index in [0.29, 0.717) is 12.0 Å². The Morgan fingerprint density at radius 1 is 1.71 bits per heavy atom. The highest BCUT2D eigenvalue weighted by Crippen LogP contribution is 2.40. The summed E-state index contributed by atoms with van der Waals surface area (Å²) >= 11 is 7.91. The van der Waals surface area contributed by atoms with Gasteiger partial charge in [0, 0.05) is 22.8 Å². The molecule has 1 fully saturated rings. The minimum Gasteiger partial charge on any atom is -0.378 e. The Bertz CT molecular complexity index is 285. The van der Waals surface area contributed by atoms with Crippen LogP contribution in [0.3, 0.4) is 0 Å². The minimum absolute atomic E-state index is 0.173. The van der Waals surface area contributed by atoms with E-state index in [1.54, 1.807) is 0 Å². The van der Waals surface area contributed by atoms with Crippen LogP contribution in [0.25, 0.3) is 0 Å². The molecule has 0 bridgehead atoms. The van der Waals surface area contributed by atoms with Crippen LogP contribution in [0.15, 0.2) is 17.5 Å². The molecule has 0 aliphatic carbocycles. The lowest BCUT2D eigenvalue weighted by Gasteiger charge is -2.29. The third-order valence-electron chi connectivity index (χ3n) is 3.20. The van der Waals surface area contributed by atoms with Gasteiger partial charge < -0.3 is 4.74 Å². The summed E-state index contributed by atoms with van der Waals surface area (Å²) in [5, 5.41) is 2.12. The molecule has 14 heavy (non-hydrogen) atoms. The van der Waals surface area contributed by atoms with Crippen LogP contribution in [0.5, 0.6) is 0 Å². The molecular formula is C11H15ClOS. The summed E-state index contributed by atoms with van der Waals surface area (Å²) in [5.41, 5.74) is 0.173. The van der Waals surface area contributed by atoms with Crippen LogP contribution in [-0.2, 0) is 11.2 Å². The van der Waals surface area contributed by atoms with Gasteiger partial charge in [-0.15, -0.1) is 22.9 Å². The number of ether oxygens (including phenoxy) is 1. The molecule has 2 heterocycles. The second-order valence-corrected chi connectivity index (χ2v) is 5.31. The van der Waals surface area contributed by atoms with Gasteiger partial charge in [-0.05, 0) is 31.2 Å². The summed E-state index contributed by atoms with van der Waals surface area (Å²) in [6.45, 7) is 3.00. The van der Waals surface area contributed by atoms with E-state index in [4.69, 9.17) is 16.3 Å². The van der Waals surface area contributed by atoms with Crippen LogP contribution < -0.4 is 0 Å². The first-order valence-corrected chi connectivity index (χ1v) is 6.38. The summed E-state index contributed by atoms with van der Waals surface area (Å²) in [4.78, 5) is 1.42. The monoisotopic (exact) mass is 230 g/mol. The van der Waals surface area contributed by atoms with Crippen molar-refractivity contribution in [1.29, 1.82) is 0 Å². The van der Waals surface area contributed by atoms with Crippen LogP contribution in [0.1, 0.15) is 18.2 Å². The van der Waals surface area contributed by atoms with Gasteiger partial charge in [-0.1, -0.05) is 6.07 Å². The SMILES string of the molecule is CC1OCCC1(CCl)Cc1cccs1. The molecule has 0 radical (unpaired) electrons. The quantitative estimate of drug-likeness (QED) is 0.724. The lowest BCUT2D eigenvalue weighted by atomic mass is 9.80. The van der Waals surface area contributed by atoms with Crippen LogP contribution in [-0.4, -0.2) is 18.6 Å². The first kappa shape index (κ1) is 10.5. The number of halogens is 1. The molecule has 1 nitrogen and oxygen atoms in total. The third-order valence-corrected chi connectivity index (χ3v) is 4.61. The lowest BCUT2D eigenvalue weighted by molar-refractivity contribution is 0.0739. The molecule has 78 valence electrons. The first-order valence-electron chi connectivity index (χ1n) is 4.97. The maximum Gasteiger partial charge on any atom is 0.0618 e. The fraction of sp³-hybridized carbons (Fsp3) is 0.636. The van der Waals surface area contributed by atoms with Gasteiger partial charge in [-0.3, -0.25) is 0 Å². The average molecular weight is 231 g/mol. The average Bonchev–Trinajstić information content (AvgIpc) is 2.79. The van der Waals surface area contributed by atoms with Gasteiger partial charge in [0.05, 0.1) is 6.10 Å². The first-order chi connectivity index (χ1) is 6.77. The second kappa shape index (κ2) is 4.21. The third kappa shape index (κ3) is 1.83. The zero-order valence-corrected chi connectivity index (χ0v) is 9.90. The zero-order chi connectivity index (χ0) is 10.0. The largest absolute Gasteiger partial charge is 0.378 e. The zero-order valence-electron chi connectivity index (χ0n) is 8.33. The molecule has 0 spiro atoms. The van der Waals surface area contributed by atoms with E-state index < -0.39 is 0 Å². The number of thiophene rings is 1. The van der Waals surface area contributed by atoms with Crippen LogP contribution in [0.4, 0.5) is 0 Å². The van der Waals surface area contributed by atoms with Gasteiger partial charge >= 0.3 is 0 Å². The Labute approximate surface area is 94.0 Å². The summed E-state index contributed by atoms with van der Waals surface area (Å²) in [7, 11) is 0. The summed E-state index contributed by atoms with van der Waals surface area (Å²) in [6.07, 6.45) is 2.45. The maximum atomic E-state index is 6.10. The highest BCUT2D eigenvalue weighted by Gasteiger charge is 2.40. The Kier molecular flexibility index (Phi) is 3.15. The smallest absolute Gasteiger partial charge is 0.0618 e. The Morgan fingerprint density at radius 2 is 2.57 bits per heavy atom. The molecule has 2 atom stereocenters. The molecule has 0 saturated carbocycles. The van der Waals surface area contributed by atoms with Gasteiger partial charge in [0.2, 0.25) is 0 Å². The highest BCUT2D eigenvalue weighted by atomic mass is 35.5. The summed E-state index contributed by atoms with van der Waals surface area (Å²) in [6, 6.07) is 4.28. The van der Waals surface area contributed by atoms with Gasteiger partial charge in [-0.25, -0.2) is 0 Å². The lowest BCUT2D eigenvalue weighted by Crippen LogP contribution is -2.32. The van der Waals surface area contributed by atoms with Crippen molar-refractivity contribution in [3.05, 3.63) is 22.4 Å². The van der Waals surface area contributed by atoms with Crippen LogP contribution in [0.2, 0.25) is 0 Å². The second-order valence-electron chi connectivity index (χ2n) is 4.02. The van der Waals surface area contributed by atoms with E-state index in [9.17, 15) is 0 Å². The van der Waals surface area contributed by atoms with Crippen molar-refractivity contribution < 1.29 is 4.74 Å². The molecule has 1 saturated heterocycles. The van der Waals surface area contributed by atoms with Gasteiger partial charge in [0.15, 0.2) is 0 Å². The van der Waals surface area contributed by atoms with E-state index >= 15 is 0 Å². The van der Waals surface area contributed by atoms with Gasteiger partial charge in [0.25, 0.3) is 0 Å². The van der Waals surface area contributed by atoms with Gasteiger partial charge in [0.1, 0.15) is 0 Å². The molecule has 1 aromatic heterocycles. The van der Waals surface area contributed by atoms with Crippen molar-refractivity contribution in [3.63, 3.8) is 0 Å². The molecule has 3 heteroatoms. The Morgan fingerprint density at radius 3 is 3.07 bits per heavy atom. The molecule has 1 aliphatic heterocycles.